The van der Waals surface area contributed by atoms with E-state index in [0.29, 0.717) is 6.54 Å². The van der Waals surface area contributed by atoms with Gasteiger partial charge in [0.25, 0.3) is 0 Å². The van der Waals surface area contributed by atoms with Crippen LogP contribution in [0.2, 0.25) is 0 Å². The predicted octanol–water partition coefficient (Wildman–Crippen LogP) is 1.78. The second-order valence-corrected chi connectivity index (χ2v) is 7.45. The molecule has 0 radical (unpaired) electrons. The van der Waals surface area contributed by atoms with Crippen LogP contribution in [0.5, 0.6) is 5.75 Å². The number of piperazine rings is 1. The molecule has 0 aliphatic carbocycles. The largest absolute Gasteiger partial charge is 0.497 e. The van der Waals surface area contributed by atoms with Crippen molar-refractivity contribution in [3.8, 4) is 5.75 Å². The van der Waals surface area contributed by atoms with E-state index in [1.165, 1.54) is 12.1 Å². The van der Waals surface area contributed by atoms with Crippen molar-refractivity contribution in [3.63, 3.8) is 0 Å². The molecule has 2 aromatic carbocycles. The van der Waals surface area contributed by atoms with Crippen molar-refractivity contribution in [2.24, 2.45) is 0 Å². The maximum Gasteiger partial charge on any atom is 0.309 e. The van der Waals surface area contributed by atoms with Gasteiger partial charge in [-0.05, 0) is 54.9 Å². The molecule has 31 heavy (non-hydrogen) atoms. The molecule has 2 amide bonds. The maximum atomic E-state index is 13.1. The third-order valence-corrected chi connectivity index (χ3v) is 5.32. The molecule has 0 spiro atoms. The normalized spacial score (nSPS) is 14.2. The van der Waals surface area contributed by atoms with Crippen molar-refractivity contribution >= 4 is 17.5 Å². The lowest BCUT2D eigenvalue weighted by Crippen LogP contribution is -2.47. The summed E-state index contributed by atoms with van der Waals surface area (Å²) >= 11 is 0. The van der Waals surface area contributed by atoms with E-state index in [9.17, 15) is 14.0 Å². The second kappa shape index (κ2) is 11.3. The number of hydrogen-bond acceptors (Lipinski definition) is 5. The maximum absolute atomic E-state index is 13.1. The summed E-state index contributed by atoms with van der Waals surface area (Å²) in [7, 11) is 1.59. The Morgan fingerprint density at radius 1 is 0.935 bits per heavy atom. The van der Waals surface area contributed by atoms with Gasteiger partial charge in [0.2, 0.25) is 0 Å². The first-order valence-electron chi connectivity index (χ1n) is 10.5. The Bertz CT molecular complexity index is 850. The molecule has 0 aromatic heterocycles. The van der Waals surface area contributed by atoms with Crippen LogP contribution in [-0.2, 0) is 16.1 Å². The minimum absolute atomic E-state index is 0.223. The van der Waals surface area contributed by atoms with E-state index in [-0.39, 0.29) is 12.4 Å². The van der Waals surface area contributed by atoms with Crippen LogP contribution >= 0.6 is 0 Å². The van der Waals surface area contributed by atoms with Crippen LogP contribution in [0, 0.1) is 5.82 Å². The predicted molar refractivity (Wildman–Crippen MR) is 118 cm³/mol. The fraction of sp³-hybridized carbons (Fsp3) is 0.391. The van der Waals surface area contributed by atoms with E-state index < -0.39 is 11.8 Å². The molecule has 0 atom stereocenters. The number of hydrogen-bond donors (Lipinski definition) is 2. The zero-order valence-electron chi connectivity index (χ0n) is 17.8. The van der Waals surface area contributed by atoms with Gasteiger partial charge < -0.3 is 20.3 Å². The van der Waals surface area contributed by atoms with Gasteiger partial charge in [0, 0.05) is 45.0 Å². The lowest BCUT2D eigenvalue weighted by atomic mass is 10.2. The van der Waals surface area contributed by atoms with Crippen LogP contribution in [-0.4, -0.2) is 63.1 Å². The molecule has 1 saturated heterocycles. The van der Waals surface area contributed by atoms with Crippen LogP contribution in [0.3, 0.4) is 0 Å². The van der Waals surface area contributed by atoms with Crippen LogP contribution in [0.15, 0.2) is 48.5 Å². The van der Waals surface area contributed by atoms with Gasteiger partial charge in [0.15, 0.2) is 0 Å². The number of nitrogens with zero attached hydrogens (tertiary/aromatic N) is 2. The molecule has 0 unspecified atom stereocenters. The van der Waals surface area contributed by atoms with Gasteiger partial charge in [-0.15, -0.1) is 0 Å². The first kappa shape index (κ1) is 22.6. The number of carbonyl (C=O) groups is 2. The Kier molecular flexibility index (Phi) is 8.23. The van der Waals surface area contributed by atoms with Crippen LogP contribution < -0.4 is 20.3 Å². The fourth-order valence-corrected chi connectivity index (χ4v) is 3.47. The number of methoxy groups -OCH3 is 1. The Hall–Kier alpha value is -3.13. The summed E-state index contributed by atoms with van der Waals surface area (Å²) < 4.78 is 18.1. The summed E-state index contributed by atoms with van der Waals surface area (Å²) in [6.07, 6.45) is 0.772. The zero-order chi connectivity index (χ0) is 22.1. The molecule has 0 saturated carbocycles. The van der Waals surface area contributed by atoms with Crippen molar-refractivity contribution in [1.82, 2.24) is 15.5 Å². The molecule has 1 aliphatic heterocycles. The topological polar surface area (TPSA) is 73.9 Å². The highest BCUT2D eigenvalue weighted by molar-refractivity contribution is 6.35. The molecule has 7 nitrogen and oxygen atoms in total. The number of benzene rings is 2. The van der Waals surface area contributed by atoms with Crippen molar-refractivity contribution in [3.05, 3.63) is 59.9 Å². The lowest BCUT2D eigenvalue weighted by Gasteiger charge is -2.36. The first-order chi connectivity index (χ1) is 15.0. The van der Waals surface area contributed by atoms with Crippen LogP contribution in [0.1, 0.15) is 12.0 Å². The third-order valence-electron chi connectivity index (χ3n) is 5.32. The summed E-state index contributed by atoms with van der Waals surface area (Å²) in [4.78, 5) is 28.5. The monoisotopic (exact) mass is 428 g/mol. The molecule has 0 bridgehead atoms. The van der Waals surface area contributed by atoms with E-state index in [1.54, 1.807) is 31.4 Å². The average Bonchev–Trinajstić information content (AvgIpc) is 2.81. The summed E-state index contributed by atoms with van der Waals surface area (Å²) in [5, 5.41) is 5.29. The second-order valence-electron chi connectivity index (χ2n) is 7.45. The summed E-state index contributed by atoms with van der Waals surface area (Å²) in [5.74, 6) is -0.734. The van der Waals surface area contributed by atoms with Crippen molar-refractivity contribution in [2.75, 3.05) is 51.3 Å². The number of rotatable bonds is 8. The minimum Gasteiger partial charge on any atom is -0.497 e. The minimum atomic E-state index is -0.635. The number of ether oxygens (including phenoxy) is 1. The molecule has 1 aliphatic rings. The Balaban J connectivity index is 1.28. The van der Waals surface area contributed by atoms with Crippen LogP contribution in [0.25, 0.3) is 0 Å². The molecule has 166 valence electrons. The summed E-state index contributed by atoms with van der Waals surface area (Å²) in [6.45, 7) is 5.17. The Morgan fingerprint density at radius 3 is 2.23 bits per heavy atom. The third kappa shape index (κ3) is 6.96. The standard InChI is InChI=1S/C23H29FN4O3/c1-31-21-9-3-18(4-10-21)17-26-23(30)22(29)25-11-2-12-27-13-15-28(16-14-27)20-7-5-19(24)6-8-20/h3-10H,2,11-17H2,1H3,(H,25,29)(H,26,30). The number of carbonyl (C=O) groups excluding carboxylic acids is 2. The zero-order valence-corrected chi connectivity index (χ0v) is 17.8. The van der Waals surface area contributed by atoms with Gasteiger partial charge in [0.05, 0.1) is 7.11 Å². The van der Waals surface area contributed by atoms with Crippen molar-refractivity contribution < 1.29 is 18.7 Å². The molecule has 8 heteroatoms. The quantitative estimate of drug-likeness (QED) is 0.495. The van der Waals surface area contributed by atoms with Gasteiger partial charge in [-0.25, -0.2) is 4.39 Å². The van der Waals surface area contributed by atoms with E-state index >= 15 is 0 Å². The highest BCUT2D eigenvalue weighted by atomic mass is 19.1. The molecule has 3 rings (SSSR count). The van der Waals surface area contributed by atoms with Crippen molar-refractivity contribution in [1.29, 1.82) is 0 Å². The molecular weight excluding hydrogens is 399 g/mol. The number of anilines is 1. The summed E-state index contributed by atoms with van der Waals surface area (Å²) in [6, 6.07) is 13.9. The van der Waals surface area contributed by atoms with E-state index in [4.69, 9.17) is 4.74 Å². The smallest absolute Gasteiger partial charge is 0.309 e. The molecule has 1 fully saturated rings. The lowest BCUT2D eigenvalue weighted by molar-refractivity contribution is -0.139. The van der Waals surface area contributed by atoms with E-state index in [1.807, 2.05) is 12.1 Å². The van der Waals surface area contributed by atoms with Crippen molar-refractivity contribution in [2.45, 2.75) is 13.0 Å². The van der Waals surface area contributed by atoms with Crippen LogP contribution in [0.4, 0.5) is 10.1 Å². The average molecular weight is 429 g/mol. The molecule has 2 N–H and O–H groups in total. The first-order valence-corrected chi connectivity index (χ1v) is 10.5. The SMILES string of the molecule is COc1ccc(CNC(=O)C(=O)NCCCN2CCN(c3ccc(F)cc3)CC2)cc1. The fourth-order valence-electron chi connectivity index (χ4n) is 3.47. The highest BCUT2D eigenvalue weighted by Crippen LogP contribution is 2.17. The number of amides is 2. The Morgan fingerprint density at radius 2 is 1.58 bits per heavy atom. The van der Waals surface area contributed by atoms with Gasteiger partial charge in [0.1, 0.15) is 11.6 Å². The Labute approximate surface area is 182 Å². The van der Waals surface area contributed by atoms with Gasteiger partial charge in [-0.1, -0.05) is 12.1 Å². The van der Waals surface area contributed by atoms with Gasteiger partial charge in [-0.3, -0.25) is 14.5 Å². The highest BCUT2D eigenvalue weighted by Gasteiger charge is 2.17. The molecule has 1 heterocycles. The van der Waals surface area contributed by atoms with E-state index in [2.05, 4.69) is 20.4 Å². The molecular formula is C23H29FN4O3. The van der Waals surface area contributed by atoms with Gasteiger partial charge in [-0.2, -0.15) is 0 Å². The number of halogens is 1. The van der Waals surface area contributed by atoms with Gasteiger partial charge >= 0.3 is 11.8 Å². The molecule has 2 aromatic rings. The number of nitrogens with one attached hydrogen (secondary N) is 2. The summed E-state index contributed by atoms with van der Waals surface area (Å²) in [5.41, 5.74) is 1.93. The van der Waals surface area contributed by atoms with E-state index in [0.717, 1.165) is 56.1 Å².